The Morgan fingerprint density at radius 3 is 2.73 bits per heavy atom. The van der Waals surface area contributed by atoms with Crippen LogP contribution in [0.3, 0.4) is 0 Å². The van der Waals surface area contributed by atoms with E-state index in [9.17, 15) is 5.11 Å². The SMILES string of the molecule is CC(c1ccco1)N(C)CC(O)COCc1ccccc1Cl. The zero-order valence-corrected chi connectivity index (χ0v) is 13.7. The summed E-state index contributed by atoms with van der Waals surface area (Å²) in [4.78, 5) is 2.03. The number of rotatable bonds is 8. The molecule has 0 aliphatic rings. The van der Waals surface area contributed by atoms with Crippen LogP contribution in [0, 0.1) is 0 Å². The summed E-state index contributed by atoms with van der Waals surface area (Å²) in [5, 5.41) is 10.8. The molecular formula is C17H22ClNO3. The third-order valence-corrected chi connectivity index (χ3v) is 4.01. The van der Waals surface area contributed by atoms with Gasteiger partial charge in [-0.25, -0.2) is 0 Å². The minimum absolute atomic E-state index is 0.105. The van der Waals surface area contributed by atoms with Gasteiger partial charge in [-0.3, -0.25) is 4.90 Å². The lowest BCUT2D eigenvalue weighted by Crippen LogP contribution is -2.33. The predicted octanol–water partition coefficient (Wildman–Crippen LogP) is 3.50. The number of nitrogens with zero attached hydrogens (tertiary/aromatic N) is 1. The van der Waals surface area contributed by atoms with E-state index in [0.29, 0.717) is 18.2 Å². The largest absolute Gasteiger partial charge is 0.468 e. The van der Waals surface area contributed by atoms with Gasteiger partial charge in [0.05, 0.1) is 31.6 Å². The highest BCUT2D eigenvalue weighted by atomic mass is 35.5. The number of likely N-dealkylation sites (N-methyl/N-ethyl adjacent to an activating group) is 1. The molecule has 5 heteroatoms. The molecule has 2 aromatic rings. The molecule has 0 fully saturated rings. The van der Waals surface area contributed by atoms with Gasteiger partial charge in [-0.15, -0.1) is 0 Å². The van der Waals surface area contributed by atoms with E-state index >= 15 is 0 Å². The van der Waals surface area contributed by atoms with Crippen LogP contribution in [0.5, 0.6) is 0 Å². The fourth-order valence-corrected chi connectivity index (χ4v) is 2.40. The van der Waals surface area contributed by atoms with Gasteiger partial charge in [-0.2, -0.15) is 0 Å². The zero-order valence-electron chi connectivity index (χ0n) is 12.9. The van der Waals surface area contributed by atoms with Crippen molar-refractivity contribution in [1.82, 2.24) is 4.90 Å². The summed E-state index contributed by atoms with van der Waals surface area (Å²) in [7, 11) is 1.95. The number of halogens is 1. The van der Waals surface area contributed by atoms with E-state index < -0.39 is 6.10 Å². The quantitative estimate of drug-likeness (QED) is 0.807. The predicted molar refractivity (Wildman–Crippen MR) is 86.9 cm³/mol. The first-order chi connectivity index (χ1) is 10.6. The first kappa shape index (κ1) is 17.0. The Bertz CT molecular complexity index is 559. The van der Waals surface area contributed by atoms with E-state index in [2.05, 4.69) is 0 Å². The molecule has 2 unspecified atom stereocenters. The van der Waals surface area contributed by atoms with Crippen LogP contribution < -0.4 is 0 Å². The van der Waals surface area contributed by atoms with Gasteiger partial charge in [0.25, 0.3) is 0 Å². The Morgan fingerprint density at radius 1 is 1.27 bits per heavy atom. The van der Waals surface area contributed by atoms with Gasteiger partial charge >= 0.3 is 0 Å². The highest BCUT2D eigenvalue weighted by molar-refractivity contribution is 6.31. The van der Waals surface area contributed by atoms with Crippen LogP contribution in [0.25, 0.3) is 0 Å². The fourth-order valence-electron chi connectivity index (χ4n) is 2.21. The molecule has 0 spiro atoms. The molecule has 0 aliphatic heterocycles. The lowest BCUT2D eigenvalue weighted by atomic mass is 10.2. The summed E-state index contributed by atoms with van der Waals surface area (Å²) in [6, 6.07) is 11.4. The van der Waals surface area contributed by atoms with Crippen molar-refractivity contribution in [3.05, 3.63) is 59.0 Å². The maximum Gasteiger partial charge on any atom is 0.120 e. The van der Waals surface area contributed by atoms with Crippen LogP contribution in [0.1, 0.15) is 24.3 Å². The van der Waals surface area contributed by atoms with Crippen LogP contribution in [0.4, 0.5) is 0 Å². The molecule has 0 saturated heterocycles. The molecule has 1 N–H and O–H groups in total. The second-order valence-electron chi connectivity index (χ2n) is 5.39. The number of aliphatic hydroxyl groups excluding tert-OH is 1. The van der Waals surface area contributed by atoms with Crippen molar-refractivity contribution >= 4 is 11.6 Å². The average molecular weight is 324 g/mol. The van der Waals surface area contributed by atoms with E-state index in [1.165, 1.54) is 0 Å². The second-order valence-corrected chi connectivity index (χ2v) is 5.80. The normalized spacial score (nSPS) is 14.2. The topological polar surface area (TPSA) is 45.8 Å². The van der Waals surface area contributed by atoms with Crippen LogP contribution in [-0.4, -0.2) is 36.3 Å². The van der Waals surface area contributed by atoms with Gasteiger partial charge in [0.2, 0.25) is 0 Å². The number of hydrogen-bond acceptors (Lipinski definition) is 4. The molecule has 0 radical (unpaired) electrons. The third-order valence-electron chi connectivity index (χ3n) is 3.64. The highest BCUT2D eigenvalue weighted by Gasteiger charge is 2.17. The zero-order chi connectivity index (χ0) is 15.9. The Kier molecular flexibility index (Phi) is 6.46. The molecule has 0 saturated carbocycles. The Morgan fingerprint density at radius 2 is 2.05 bits per heavy atom. The number of hydrogen-bond donors (Lipinski definition) is 1. The third kappa shape index (κ3) is 4.85. The highest BCUT2D eigenvalue weighted by Crippen LogP contribution is 2.19. The Labute approximate surface area is 136 Å². The molecule has 1 aromatic carbocycles. The van der Waals surface area contributed by atoms with Crippen LogP contribution in [0.15, 0.2) is 47.1 Å². The van der Waals surface area contributed by atoms with Crippen molar-refractivity contribution in [2.45, 2.75) is 25.7 Å². The van der Waals surface area contributed by atoms with Crippen LogP contribution >= 0.6 is 11.6 Å². The van der Waals surface area contributed by atoms with Crippen molar-refractivity contribution in [3.63, 3.8) is 0 Å². The Balaban J connectivity index is 1.73. The average Bonchev–Trinajstić information content (AvgIpc) is 3.02. The van der Waals surface area contributed by atoms with Crippen molar-refractivity contribution in [1.29, 1.82) is 0 Å². The number of furan rings is 1. The van der Waals surface area contributed by atoms with Gasteiger partial charge in [0, 0.05) is 11.6 Å². The van der Waals surface area contributed by atoms with E-state index in [0.717, 1.165) is 11.3 Å². The summed E-state index contributed by atoms with van der Waals surface area (Å²) in [6.07, 6.45) is 1.09. The molecule has 0 bridgehead atoms. The molecule has 2 atom stereocenters. The van der Waals surface area contributed by atoms with Gasteiger partial charge in [0.1, 0.15) is 5.76 Å². The summed E-state index contributed by atoms with van der Waals surface area (Å²) < 4.78 is 10.9. The van der Waals surface area contributed by atoms with E-state index in [-0.39, 0.29) is 12.6 Å². The minimum Gasteiger partial charge on any atom is -0.468 e. The minimum atomic E-state index is -0.565. The summed E-state index contributed by atoms with van der Waals surface area (Å²) in [5.41, 5.74) is 0.925. The van der Waals surface area contributed by atoms with Crippen molar-refractivity contribution < 1.29 is 14.3 Å². The fraction of sp³-hybridized carbons (Fsp3) is 0.412. The molecule has 0 amide bonds. The van der Waals surface area contributed by atoms with E-state index in [4.69, 9.17) is 20.8 Å². The van der Waals surface area contributed by atoms with Gasteiger partial charge in [0.15, 0.2) is 0 Å². The second kappa shape index (κ2) is 8.34. The molecule has 22 heavy (non-hydrogen) atoms. The number of aliphatic hydroxyl groups is 1. The molecule has 1 heterocycles. The molecule has 1 aromatic heterocycles. The van der Waals surface area contributed by atoms with Crippen LogP contribution in [0.2, 0.25) is 5.02 Å². The van der Waals surface area contributed by atoms with Gasteiger partial charge in [-0.1, -0.05) is 29.8 Å². The Hall–Kier alpha value is -1.33. The van der Waals surface area contributed by atoms with Crippen molar-refractivity contribution in [2.24, 2.45) is 0 Å². The van der Waals surface area contributed by atoms with Gasteiger partial charge in [-0.05, 0) is 37.7 Å². The maximum atomic E-state index is 10.1. The summed E-state index contributed by atoms with van der Waals surface area (Å²) in [5.74, 6) is 0.881. The smallest absolute Gasteiger partial charge is 0.120 e. The monoisotopic (exact) mass is 323 g/mol. The first-order valence-corrected chi connectivity index (χ1v) is 7.68. The molecule has 0 aliphatic carbocycles. The lowest BCUT2D eigenvalue weighted by molar-refractivity contribution is 0.00728. The maximum absolute atomic E-state index is 10.1. The summed E-state index contributed by atoms with van der Waals surface area (Å²) in [6.45, 7) is 3.20. The number of ether oxygens (including phenoxy) is 1. The van der Waals surface area contributed by atoms with Crippen molar-refractivity contribution in [3.8, 4) is 0 Å². The lowest BCUT2D eigenvalue weighted by Gasteiger charge is -2.25. The summed E-state index contributed by atoms with van der Waals surface area (Å²) >= 11 is 6.06. The van der Waals surface area contributed by atoms with E-state index in [1.807, 2.05) is 55.3 Å². The standard InChI is InChI=1S/C17H22ClNO3/c1-13(17-8-5-9-22-17)19(2)10-15(20)12-21-11-14-6-3-4-7-16(14)18/h3-9,13,15,20H,10-12H2,1-2H3. The van der Waals surface area contributed by atoms with Crippen molar-refractivity contribution in [2.75, 3.05) is 20.2 Å². The first-order valence-electron chi connectivity index (χ1n) is 7.30. The van der Waals surface area contributed by atoms with Crippen LogP contribution in [-0.2, 0) is 11.3 Å². The molecule has 120 valence electrons. The van der Waals surface area contributed by atoms with E-state index in [1.54, 1.807) is 6.26 Å². The molecule has 2 rings (SSSR count). The molecule has 4 nitrogen and oxygen atoms in total. The number of benzene rings is 1. The van der Waals surface area contributed by atoms with Gasteiger partial charge < -0.3 is 14.3 Å². The molecular weight excluding hydrogens is 302 g/mol.